The van der Waals surface area contributed by atoms with Crippen LogP contribution in [0, 0.1) is 11.3 Å². The first-order valence-corrected chi connectivity index (χ1v) is 7.80. The molecule has 0 spiro atoms. The fourth-order valence-corrected chi connectivity index (χ4v) is 3.82. The number of nitrogens with one attached hydrogen (secondary N) is 1. The lowest BCUT2D eigenvalue weighted by Gasteiger charge is -2.31. The number of fused-ring (bicyclic) bond motifs is 2. The number of alkyl carbamates (subject to hydrolysis) is 1. The zero-order chi connectivity index (χ0) is 15.7. The number of carbonyl (C=O) groups is 2. The van der Waals surface area contributed by atoms with Crippen molar-refractivity contribution in [2.75, 3.05) is 7.11 Å². The monoisotopic (exact) mass is 297 g/mol. The van der Waals surface area contributed by atoms with Crippen molar-refractivity contribution in [2.45, 2.75) is 70.9 Å². The topological polar surface area (TPSA) is 64.6 Å². The SMILES string of the molecule is COC(=O)C(CC12CCC(CC1)C2)NC(=O)OC(C)(C)C. The van der Waals surface area contributed by atoms with Gasteiger partial charge in [0.25, 0.3) is 0 Å². The standard InChI is InChI=1S/C16H27NO4/c1-15(2,3)21-14(19)17-12(13(18)20-4)10-16-7-5-11(9-16)6-8-16/h11-12H,5-10H2,1-4H3,(H,17,19). The van der Waals surface area contributed by atoms with Crippen molar-refractivity contribution in [3.63, 3.8) is 0 Å². The summed E-state index contributed by atoms with van der Waals surface area (Å²) in [5.74, 6) is 0.426. The van der Waals surface area contributed by atoms with Crippen molar-refractivity contribution in [1.29, 1.82) is 0 Å². The summed E-state index contributed by atoms with van der Waals surface area (Å²) in [5, 5.41) is 2.69. The molecule has 2 aliphatic rings. The van der Waals surface area contributed by atoms with Gasteiger partial charge in [-0.3, -0.25) is 0 Å². The fourth-order valence-electron chi connectivity index (χ4n) is 3.82. The Bertz CT molecular complexity index is 405. The first kappa shape index (κ1) is 16.1. The predicted octanol–water partition coefficient (Wildman–Crippen LogP) is 3.02. The van der Waals surface area contributed by atoms with Crippen LogP contribution in [-0.2, 0) is 14.3 Å². The molecule has 1 amide bonds. The number of ether oxygens (including phenoxy) is 2. The van der Waals surface area contributed by atoms with Gasteiger partial charge in [0.05, 0.1) is 7.11 Å². The minimum absolute atomic E-state index is 0.207. The molecule has 2 saturated carbocycles. The third-order valence-electron chi connectivity index (χ3n) is 4.70. The van der Waals surface area contributed by atoms with Crippen LogP contribution in [0.15, 0.2) is 0 Å². The Hall–Kier alpha value is -1.26. The van der Waals surface area contributed by atoms with E-state index in [0.29, 0.717) is 6.42 Å². The summed E-state index contributed by atoms with van der Waals surface area (Å²) in [6.07, 6.45) is 6.09. The van der Waals surface area contributed by atoms with Gasteiger partial charge in [0.1, 0.15) is 11.6 Å². The molecule has 120 valence electrons. The summed E-state index contributed by atoms with van der Waals surface area (Å²) < 4.78 is 10.1. The van der Waals surface area contributed by atoms with Gasteiger partial charge in [0.2, 0.25) is 0 Å². The quantitative estimate of drug-likeness (QED) is 0.810. The Kier molecular flexibility index (Phi) is 4.49. The molecular formula is C16H27NO4. The lowest BCUT2D eigenvalue weighted by molar-refractivity contribution is -0.144. The van der Waals surface area contributed by atoms with Crippen LogP contribution in [-0.4, -0.2) is 30.8 Å². The van der Waals surface area contributed by atoms with Crippen LogP contribution in [0.1, 0.15) is 59.3 Å². The van der Waals surface area contributed by atoms with E-state index in [4.69, 9.17) is 9.47 Å². The second kappa shape index (κ2) is 5.85. The maximum atomic E-state index is 12.0. The van der Waals surface area contributed by atoms with Gasteiger partial charge in [-0.15, -0.1) is 0 Å². The molecule has 2 rings (SSSR count). The average molecular weight is 297 g/mol. The Morgan fingerprint density at radius 2 is 1.90 bits per heavy atom. The van der Waals surface area contributed by atoms with Crippen molar-refractivity contribution in [3.05, 3.63) is 0 Å². The molecule has 2 fully saturated rings. The number of hydrogen-bond donors (Lipinski definition) is 1. The van der Waals surface area contributed by atoms with E-state index >= 15 is 0 Å². The normalized spacial score (nSPS) is 29.0. The maximum absolute atomic E-state index is 12.0. The Labute approximate surface area is 126 Å². The first-order chi connectivity index (χ1) is 9.73. The van der Waals surface area contributed by atoms with Gasteiger partial charge in [-0.25, -0.2) is 9.59 Å². The molecule has 0 radical (unpaired) electrons. The molecule has 5 nitrogen and oxygen atoms in total. The van der Waals surface area contributed by atoms with Gasteiger partial charge in [0, 0.05) is 0 Å². The minimum atomic E-state index is -0.610. The smallest absolute Gasteiger partial charge is 0.408 e. The summed E-state index contributed by atoms with van der Waals surface area (Å²) >= 11 is 0. The lowest BCUT2D eigenvalue weighted by atomic mass is 9.78. The number of carbonyl (C=O) groups excluding carboxylic acids is 2. The van der Waals surface area contributed by atoms with Gasteiger partial charge in [-0.2, -0.15) is 0 Å². The predicted molar refractivity (Wildman–Crippen MR) is 78.8 cm³/mol. The number of esters is 1. The third kappa shape index (κ3) is 4.11. The molecule has 2 bridgehead atoms. The molecule has 0 aromatic carbocycles. The number of amides is 1. The second-order valence-electron chi connectivity index (χ2n) is 7.57. The summed E-state index contributed by atoms with van der Waals surface area (Å²) in [4.78, 5) is 23.9. The molecule has 1 atom stereocenters. The van der Waals surface area contributed by atoms with Crippen LogP contribution < -0.4 is 5.32 Å². The highest BCUT2D eigenvalue weighted by atomic mass is 16.6. The lowest BCUT2D eigenvalue weighted by Crippen LogP contribution is -2.46. The molecule has 1 N–H and O–H groups in total. The highest BCUT2D eigenvalue weighted by Gasteiger charge is 2.47. The summed E-state index contributed by atoms with van der Waals surface area (Å²) in [6.45, 7) is 5.41. The van der Waals surface area contributed by atoms with E-state index in [2.05, 4.69) is 5.32 Å². The molecule has 0 heterocycles. The van der Waals surface area contributed by atoms with E-state index in [0.717, 1.165) is 18.8 Å². The van der Waals surface area contributed by atoms with E-state index in [1.807, 2.05) is 0 Å². The van der Waals surface area contributed by atoms with Crippen LogP contribution in [0.25, 0.3) is 0 Å². The van der Waals surface area contributed by atoms with Crippen molar-refractivity contribution >= 4 is 12.1 Å². The fraction of sp³-hybridized carbons (Fsp3) is 0.875. The third-order valence-corrected chi connectivity index (χ3v) is 4.70. The van der Waals surface area contributed by atoms with Crippen LogP contribution >= 0.6 is 0 Å². The van der Waals surface area contributed by atoms with Crippen molar-refractivity contribution in [2.24, 2.45) is 11.3 Å². The minimum Gasteiger partial charge on any atom is -0.467 e. The van der Waals surface area contributed by atoms with Crippen molar-refractivity contribution in [1.82, 2.24) is 5.32 Å². The maximum Gasteiger partial charge on any atom is 0.408 e. The van der Waals surface area contributed by atoms with Crippen LogP contribution in [0.5, 0.6) is 0 Å². The van der Waals surface area contributed by atoms with Gasteiger partial charge in [0.15, 0.2) is 0 Å². The first-order valence-electron chi connectivity index (χ1n) is 7.80. The van der Waals surface area contributed by atoms with Crippen LogP contribution in [0.2, 0.25) is 0 Å². The largest absolute Gasteiger partial charge is 0.467 e. The molecule has 0 aliphatic heterocycles. The van der Waals surface area contributed by atoms with E-state index in [9.17, 15) is 9.59 Å². The Morgan fingerprint density at radius 1 is 1.29 bits per heavy atom. The zero-order valence-electron chi connectivity index (χ0n) is 13.5. The number of methoxy groups -OCH3 is 1. The molecule has 0 saturated heterocycles. The molecule has 1 unspecified atom stereocenters. The van der Waals surface area contributed by atoms with E-state index < -0.39 is 17.7 Å². The zero-order valence-corrected chi connectivity index (χ0v) is 13.5. The van der Waals surface area contributed by atoms with Gasteiger partial charge in [-0.1, -0.05) is 0 Å². The van der Waals surface area contributed by atoms with Crippen LogP contribution in [0.3, 0.4) is 0 Å². The average Bonchev–Trinajstić information content (AvgIpc) is 2.94. The number of rotatable bonds is 4. The van der Waals surface area contributed by atoms with Crippen molar-refractivity contribution in [3.8, 4) is 0 Å². The van der Waals surface area contributed by atoms with E-state index in [1.165, 1.54) is 26.4 Å². The molecule has 5 heteroatoms. The highest BCUT2D eigenvalue weighted by molar-refractivity contribution is 5.81. The van der Waals surface area contributed by atoms with Gasteiger partial charge in [-0.05, 0) is 70.6 Å². The Morgan fingerprint density at radius 3 is 2.33 bits per heavy atom. The van der Waals surface area contributed by atoms with Gasteiger partial charge < -0.3 is 14.8 Å². The van der Waals surface area contributed by atoms with Crippen LogP contribution in [0.4, 0.5) is 4.79 Å². The van der Waals surface area contributed by atoms with E-state index in [1.54, 1.807) is 20.8 Å². The summed E-state index contributed by atoms with van der Waals surface area (Å²) in [5.41, 5.74) is -0.368. The molecule has 21 heavy (non-hydrogen) atoms. The molecule has 0 aromatic heterocycles. The highest BCUT2D eigenvalue weighted by Crippen LogP contribution is 2.56. The number of hydrogen-bond acceptors (Lipinski definition) is 4. The van der Waals surface area contributed by atoms with Crippen molar-refractivity contribution < 1.29 is 19.1 Å². The second-order valence-corrected chi connectivity index (χ2v) is 7.57. The Balaban J connectivity index is 1.98. The van der Waals surface area contributed by atoms with Gasteiger partial charge >= 0.3 is 12.1 Å². The summed E-state index contributed by atoms with van der Waals surface area (Å²) in [7, 11) is 1.36. The molecule has 0 aromatic rings. The molecular weight excluding hydrogens is 270 g/mol. The molecule has 2 aliphatic carbocycles. The van der Waals surface area contributed by atoms with E-state index in [-0.39, 0.29) is 11.4 Å². The summed E-state index contributed by atoms with van der Waals surface area (Å²) in [6, 6.07) is -0.610.